The average Bonchev–Trinajstić information content (AvgIpc) is 3.22. The van der Waals surface area contributed by atoms with Crippen LogP contribution in [0.2, 0.25) is 0 Å². The van der Waals surface area contributed by atoms with Crippen LogP contribution in [0.5, 0.6) is 0 Å². The topological polar surface area (TPSA) is 110 Å². The standard InChI is InChI=1S/C24H38O7/c1-22(2,3)13-24(7,23(4,5)6)21(29)31-12-16(25)11-30-20(28)18-15-9-8-14(10-15)17(18)19(26)27/h8-9,14-18,25H,10-13H2,1-7H3,(H,26,27). The van der Waals surface area contributed by atoms with Gasteiger partial charge in [-0.3, -0.25) is 14.4 Å². The summed E-state index contributed by atoms with van der Waals surface area (Å²) >= 11 is 0. The number of ether oxygens (including phenoxy) is 2. The Morgan fingerprint density at radius 2 is 1.45 bits per heavy atom. The molecule has 7 nitrogen and oxygen atoms in total. The fourth-order valence-electron chi connectivity index (χ4n) is 4.84. The lowest BCUT2D eigenvalue weighted by atomic mass is 9.61. The van der Waals surface area contributed by atoms with Crippen molar-refractivity contribution in [3.63, 3.8) is 0 Å². The van der Waals surface area contributed by atoms with Gasteiger partial charge in [-0.15, -0.1) is 0 Å². The van der Waals surface area contributed by atoms with Gasteiger partial charge < -0.3 is 19.7 Å². The SMILES string of the molecule is CC(C)(C)CC(C)(C(=O)OCC(O)COC(=O)C1C2C=CC(C2)C1C(=O)O)C(C)(C)C. The van der Waals surface area contributed by atoms with Gasteiger partial charge in [-0.1, -0.05) is 53.7 Å². The normalized spacial score (nSPS) is 28.1. The lowest BCUT2D eigenvalue weighted by Gasteiger charge is -2.43. The van der Waals surface area contributed by atoms with E-state index in [2.05, 4.69) is 20.8 Å². The third-order valence-electron chi connectivity index (χ3n) is 6.83. The molecule has 176 valence electrons. The van der Waals surface area contributed by atoms with E-state index < -0.39 is 41.3 Å². The highest BCUT2D eigenvalue weighted by Gasteiger charge is 2.52. The van der Waals surface area contributed by atoms with Crippen molar-refractivity contribution < 1.29 is 34.1 Å². The minimum absolute atomic E-state index is 0.0923. The van der Waals surface area contributed by atoms with Gasteiger partial charge >= 0.3 is 17.9 Å². The first kappa shape index (κ1) is 25.4. The number of hydrogen-bond acceptors (Lipinski definition) is 6. The molecular formula is C24H38O7. The van der Waals surface area contributed by atoms with E-state index in [1.54, 1.807) is 0 Å². The van der Waals surface area contributed by atoms with Crippen molar-refractivity contribution in [3.8, 4) is 0 Å². The van der Waals surface area contributed by atoms with Crippen molar-refractivity contribution in [1.82, 2.24) is 0 Å². The summed E-state index contributed by atoms with van der Waals surface area (Å²) in [6.07, 6.45) is 3.80. The highest BCUT2D eigenvalue weighted by molar-refractivity contribution is 5.83. The number of esters is 2. The van der Waals surface area contributed by atoms with Gasteiger partial charge in [0.25, 0.3) is 0 Å². The maximum absolute atomic E-state index is 12.9. The van der Waals surface area contributed by atoms with E-state index in [4.69, 9.17) is 9.47 Å². The summed E-state index contributed by atoms with van der Waals surface area (Å²) in [6, 6.07) is 0. The molecule has 0 radical (unpaired) electrons. The number of carbonyl (C=O) groups is 3. The third-order valence-corrected chi connectivity index (χ3v) is 6.83. The van der Waals surface area contributed by atoms with Gasteiger partial charge in [-0.2, -0.15) is 0 Å². The lowest BCUT2D eigenvalue weighted by Crippen LogP contribution is -2.45. The molecule has 2 rings (SSSR count). The Bertz CT molecular complexity index is 727. The minimum atomic E-state index is -1.18. The molecule has 1 saturated carbocycles. The highest BCUT2D eigenvalue weighted by atomic mass is 16.6. The van der Waals surface area contributed by atoms with Crippen molar-refractivity contribution in [2.75, 3.05) is 13.2 Å². The molecule has 1 fully saturated rings. The first-order valence-corrected chi connectivity index (χ1v) is 11.0. The van der Waals surface area contributed by atoms with Crippen molar-refractivity contribution in [2.24, 2.45) is 39.9 Å². The van der Waals surface area contributed by atoms with Gasteiger partial charge in [0, 0.05) is 0 Å². The van der Waals surface area contributed by atoms with Crippen LogP contribution < -0.4 is 0 Å². The summed E-state index contributed by atoms with van der Waals surface area (Å²) in [5.74, 6) is -3.84. The number of rotatable bonds is 8. The zero-order valence-electron chi connectivity index (χ0n) is 19.8. The van der Waals surface area contributed by atoms with Gasteiger partial charge in [0.1, 0.15) is 19.3 Å². The number of carboxylic acid groups (broad SMARTS) is 1. The quantitative estimate of drug-likeness (QED) is 0.441. The van der Waals surface area contributed by atoms with Crippen LogP contribution in [-0.4, -0.2) is 47.4 Å². The molecule has 2 aliphatic carbocycles. The molecule has 6 atom stereocenters. The fourth-order valence-corrected chi connectivity index (χ4v) is 4.84. The van der Waals surface area contributed by atoms with Crippen molar-refractivity contribution in [2.45, 2.75) is 67.4 Å². The molecule has 31 heavy (non-hydrogen) atoms. The second kappa shape index (κ2) is 8.93. The number of fused-ring (bicyclic) bond motifs is 2. The number of allylic oxidation sites excluding steroid dienone is 2. The van der Waals surface area contributed by atoms with E-state index in [9.17, 15) is 24.6 Å². The Labute approximate surface area is 185 Å². The molecule has 0 amide bonds. The maximum atomic E-state index is 12.9. The van der Waals surface area contributed by atoms with Gasteiger partial charge in [0.05, 0.1) is 17.3 Å². The molecule has 7 heteroatoms. The summed E-state index contributed by atoms with van der Waals surface area (Å²) in [5.41, 5.74) is -1.20. The smallest absolute Gasteiger partial charge is 0.312 e. The number of aliphatic hydroxyl groups is 1. The van der Waals surface area contributed by atoms with Crippen molar-refractivity contribution in [1.29, 1.82) is 0 Å². The van der Waals surface area contributed by atoms with Crippen molar-refractivity contribution in [3.05, 3.63) is 12.2 Å². The Morgan fingerprint density at radius 3 is 1.94 bits per heavy atom. The van der Waals surface area contributed by atoms with E-state index in [1.807, 2.05) is 39.8 Å². The summed E-state index contributed by atoms with van der Waals surface area (Å²) in [7, 11) is 0. The summed E-state index contributed by atoms with van der Waals surface area (Å²) in [5, 5.41) is 19.7. The number of carbonyl (C=O) groups excluding carboxylic acids is 2. The minimum Gasteiger partial charge on any atom is -0.481 e. The van der Waals surface area contributed by atoms with E-state index >= 15 is 0 Å². The van der Waals surface area contributed by atoms with Crippen molar-refractivity contribution >= 4 is 17.9 Å². The predicted octanol–water partition coefficient (Wildman–Crippen LogP) is 3.45. The van der Waals surface area contributed by atoms with E-state index in [0.29, 0.717) is 12.8 Å². The van der Waals surface area contributed by atoms with Crippen LogP contribution >= 0.6 is 0 Å². The Hall–Kier alpha value is -1.89. The number of hydrogen-bond donors (Lipinski definition) is 2. The number of aliphatic carboxylic acids is 1. The molecule has 6 unspecified atom stereocenters. The second-order valence-corrected chi connectivity index (χ2v) is 11.5. The van der Waals surface area contributed by atoms with Crippen LogP contribution in [0.3, 0.4) is 0 Å². The largest absolute Gasteiger partial charge is 0.481 e. The summed E-state index contributed by atoms with van der Waals surface area (Å²) < 4.78 is 10.6. The predicted molar refractivity (Wildman–Crippen MR) is 115 cm³/mol. The zero-order chi connectivity index (χ0) is 23.8. The highest BCUT2D eigenvalue weighted by Crippen LogP contribution is 2.49. The second-order valence-electron chi connectivity index (χ2n) is 11.5. The van der Waals surface area contributed by atoms with Gasteiger partial charge in [-0.05, 0) is 42.4 Å². The Kier molecular flexibility index (Phi) is 7.31. The fraction of sp³-hybridized carbons (Fsp3) is 0.792. The maximum Gasteiger partial charge on any atom is 0.312 e. The molecule has 0 aromatic carbocycles. The van der Waals surface area contributed by atoms with E-state index in [0.717, 1.165) is 0 Å². The molecule has 2 aliphatic rings. The third kappa shape index (κ3) is 5.68. The van der Waals surface area contributed by atoms with Crippen LogP contribution in [0.15, 0.2) is 12.2 Å². The molecule has 0 spiro atoms. The van der Waals surface area contributed by atoms with E-state index in [-0.39, 0.29) is 35.9 Å². The molecule has 0 aliphatic heterocycles. The molecule has 2 bridgehead atoms. The first-order chi connectivity index (χ1) is 14.1. The van der Waals surface area contributed by atoms with Gasteiger partial charge in [0.15, 0.2) is 0 Å². The molecular weight excluding hydrogens is 400 g/mol. The van der Waals surface area contributed by atoms with Crippen LogP contribution in [0, 0.1) is 39.9 Å². The molecule has 2 N–H and O–H groups in total. The number of carboxylic acids is 1. The first-order valence-electron chi connectivity index (χ1n) is 11.0. The molecule has 0 aromatic heterocycles. The lowest BCUT2D eigenvalue weighted by molar-refractivity contribution is -0.170. The zero-order valence-corrected chi connectivity index (χ0v) is 19.8. The average molecular weight is 439 g/mol. The molecule has 0 heterocycles. The Balaban J connectivity index is 1.90. The molecule has 0 aromatic rings. The number of aliphatic hydroxyl groups excluding tert-OH is 1. The van der Waals surface area contributed by atoms with Crippen LogP contribution in [-0.2, 0) is 23.9 Å². The van der Waals surface area contributed by atoms with Gasteiger partial charge in [0.2, 0.25) is 0 Å². The monoisotopic (exact) mass is 438 g/mol. The van der Waals surface area contributed by atoms with Crippen LogP contribution in [0.1, 0.15) is 61.3 Å². The van der Waals surface area contributed by atoms with Crippen LogP contribution in [0.25, 0.3) is 0 Å². The van der Waals surface area contributed by atoms with E-state index in [1.165, 1.54) is 0 Å². The summed E-state index contributed by atoms with van der Waals surface area (Å²) in [4.78, 5) is 37.0. The van der Waals surface area contributed by atoms with Crippen LogP contribution in [0.4, 0.5) is 0 Å². The van der Waals surface area contributed by atoms with Gasteiger partial charge in [-0.25, -0.2) is 0 Å². The Morgan fingerprint density at radius 1 is 0.935 bits per heavy atom. The summed E-state index contributed by atoms with van der Waals surface area (Å²) in [6.45, 7) is 13.4. The molecule has 0 saturated heterocycles.